The number of hydrogen-bond acceptors (Lipinski definition) is 5. The molecule has 2 atom stereocenters. The minimum atomic E-state index is -0.542. The molecule has 6 nitrogen and oxygen atoms in total. The molecule has 1 aromatic carbocycles. The minimum Gasteiger partial charge on any atom is -0.355 e. The molecule has 3 aromatic rings. The Morgan fingerprint density at radius 3 is 2.96 bits per heavy atom. The fourth-order valence-electron chi connectivity index (χ4n) is 3.98. The highest BCUT2D eigenvalue weighted by Gasteiger charge is 2.29. The Kier molecular flexibility index (Phi) is 5.07. The highest BCUT2D eigenvalue weighted by Crippen LogP contribution is 2.33. The number of hydrogen-bond donors (Lipinski definition) is 2. The number of rotatable bonds is 5. The Morgan fingerprint density at radius 1 is 1.39 bits per heavy atom. The zero-order chi connectivity index (χ0) is 19.7. The lowest BCUT2D eigenvalue weighted by molar-refractivity contribution is -0.122. The first-order valence-electron chi connectivity index (χ1n) is 9.39. The van der Waals surface area contributed by atoms with Crippen LogP contribution >= 0.6 is 11.3 Å². The molecule has 7 heteroatoms. The van der Waals surface area contributed by atoms with E-state index >= 15 is 0 Å². The van der Waals surface area contributed by atoms with E-state index in [0.29, 0.717) is 18.5 Å². The summed E-state index contributed by atoms with van der Waals surface area (Å²) in [5.41, 5.74) is 7.82. The van der Waals surface area contributed by atoms with Crippen LogP contribution in [0.1, 0.15) is 16.9 Å². The Labute approximate surface area is 168 Å². The maximum atomic E-state index is 12.5. The second kappa shape index (κ2) is 7.66. The maximum Gasteiger partial charge on any atom is 0.237 e. The summed E-state index contributed by atoms with van der Waals surface area (Å²) in [5, 5.41) is 15.8. The standard InChI is InChI=1S/C21H23N5OS/c1-25-19-7-3-2-6-16(19)17(12-22)21(25)26-9-8-14(13-26)24-20(27)18(23)11-15-5-4-10-28-15/h2-7,10,14,18H,8-9,11,13,23H2,1H3,(H,24,27)/t14-,18-/m0/s1. The van der Waals surface area contributed by atoms with E-state index in [-0.39, 0.29) is 11.9 Å². The van der Waals surface area contributed by atoms with Gasteiger partial charge in [-0.3, -0.25) is 4.79 Å². The molecule has 144 valence electrons. The second-order valence-corrected chi connectivity index (χ2v) is 8.25. The highest BCUT2D eigenvalue weighted by atomic mass is 32.1. The average Bonchev–Trinajstić information content (AvgIpc) is 3.42. The van der Waals surface area contributed by atoms with Gasteiger partial charge in [0, 0.05) is 42.9 Å². The number of anilines is 1. The lowest BCUT2D eigenvalue weighted by Gasteiger charge is -2.21. The van der Waals surface area contributed by atoms with Crippen molar-refractivity contribution in [3.8, 4) is 6.07 Å². The van der Waals surface area contributed by atoms with E-state index in [1.807, 2.05) is 48.8 Å². The molecule has 4 rings (SSSR count). The molecular formula is C21H23N5OS. The van der Waals surface area contributed by atoms with Crippen LogP contribution in [0.25, 0.3) is 10.9 Å². The first kappa shape index (κ1) is 18.5. The summed E-state index contributed by atoms with van der Waals surface area (Å²) in [6.45, 7) is 1.47. The molecule has 1 aliphatic heterocycles. The number of nitrogens with one attached hydrogen (secondary N) is 1. The number of nitriles is 1. The van der Waals surface area contributed by atoms with Crippen LogP contribution in [0, 0.1) is 11.3 Å². The predicted octanol–water partition coefficient (Wildman–Crippen LogP) is 2.38. The number of aryl methyl sites for hydroxylation is 1. The molecule has 0 bridgehead atoms. The van der Waals surface area contributed by atoms with Crippen LogP contribution in [0.3, 0.4) is 0 Å². The van der Waals surface area contributed by atoms with E-state index in [1.165, 1.54) is 0 Å². The van der Waals surface area contributed by atoms with E-state index in [0.717, 1.165) is 34.6 Å². The number of benzene rings is 1. The van der Waals surface area contributed by atoms with Gasteiger partial charge in [0.15, 0.2) is 0 Å². The molecule has 1 amide bonds. The zero-order valence-corrected chi connectivity index (χ0v) is 16.6. The monoisotopic (exact) mass is 393 g/mol. The van der Waals surface area contributed by atoms with Crippen molar-refractivity contribution in [2.24, 2.45) is 12.8 Å². The van der Waals surface area contributed by atoms with Crippen LogP contribution in [0.4, 0.5) is 5.82 Å². The van der Waals surface area contributed by atoms with E-state index in [1.54, 1.807) is 11.3 Å². The first-order chi connectivity index (χ1) is 13.6. The van der Waals surface area contributed by atoms with Gasteiger partial charge in [0.25, 0.3) is 0 Å². The molecule has 3 heterocycles. The van der Waals surface area contributed by atoms with Crippen molar-refractivity contribution in [2.75, 3.05) is 18.0 Å². The van der Waals surface area contributed by atoms with Crippen molar-refractivity contribution in [3.05, 3.63) is 52.2 Å². The van der Waals surface area contributed by atoms with Crippen LogP contribution in [-0.4, -0.2) is 35.6 Å². The zero-order valence-electron chi connectivity index (χ0n) is 15.8. The summed E-state index contributed by atoms with van der Waals surface area (Å²) in [7, 11) is 1.99. The Morgan fingerprint density at radius 2 is 2.21 bits per heavy atom. The normalized spacial score (nSPS) is 17.6. The number of aromatic nitrogens is 1. The van der Waals surface area contributed by atoms with Crippen molar-refractivity contribution in [1.82, 2.24) is 9.88 Å². The molecule has 3 N–H and O–H groups in total. The molecule has 1 aliphatic rings. The highest BCUT2D eigenvalue weighted by molar-refractivity contribution is 7.09. The van der Waals surface area contributed by atoms with Crippen LogP contribution in [-0.2, 0) is 18.3 Å². The third-order valence-electron chi connectivity index (χ3n) is 5.36. The molecule has 0 spiro atoms. The van der Waals surface area contributed by atoms with E-state index in [4.69, 9.17) is 5.73 Å². The van der Waals surface area contributed by atoms with Gasteiger partial charge in [0.1, 0.15) is 17.5 Å². The quantitative estimate of drug-likeness (QED) is 0.697. The number of amides is 1. The smallest absolute Gasteiger partial charge is 0.237 e. The van der Waals surface area contributed by atoms with Crippen molar-refractivity contribution in [1.29, 1.82) is 5.26 Å². The van der Waals surface area contributed by atoms with E-state index in [9.17, 15) is 10.1 Å². The van der Waals surface area contributed by atoms with E-state index < -0.39 is 6.04 Å². The molecule has 0 aliphatic carbocycles. The molecule has 0 saturated carbocycles. The van der Waals surface area contributed by atoms with Crippen molar-refractivity contribution in [2.45, 2.75) is 24.9 Å². The number of thiophene rings is 1. The molecule has 1 fully saturated rings. The summed E-state index contributed by atoms with van der Waals surface area (Å²) in [6.07, 6.45) is 1.39. The number of nitrogens with two attached hydrogens (primary N) is 1. The number of para-hydroxylation sites is 1. The van der Waals surface area contributed by atoms with Gasteiger partial charge in [-0.25, -0.2) is 0 Å². The molecule has 0 radical (unpaired) electrons. The number of fused-ring (bicyclic) bond motifs is 1. The fraction of sp³-hybridized carbons (Fsp3) is 0.333. The lowest BCUT2D eigenvalue weighted by atomic mass is 10.1. The third kappa shape index (κ3) is 3.37. The van der Waals surface area contributed by atoms with Gasteiger partial charge >= 0.3 is 0 Å². The van der Waals surface area contributed by atoms with Gasteiger partial charge in [0.05, 0.1) is 11.6 Å². The summed E-state index contributed by atoms with van der Waals surface area (Å²) in [5.74, 6) is 0.807. The predicted molar refractivity (Wildman–Crippen MR) is 112 cm³/mol. The number of nitrogens with zero attached hydrogens (tertiary/aromatic N) is 3. The van der Waals surface area contributed by atoms with Crippen molar-refractivity contribution in [3.63, 3.8) is 0 Å². The Balaban J connectivity index is 1.46. The Bertz CT molecular complexity index is 1030. The van der Waals surface area contributed by atoms with Gasteiger partial charge < -0.3 is 20.5 Å². The van der Waals surface area contributed by atoms with Gasteiger partial charge in [-0.15, -0.1) is 11.3 Å². The largest absolute Gasteiger partial charge is 0.355 e. The molecule has 0 unspecified atom stereocenters. The maximum absolute atomic E-state index is 12.5. The SMILES string of the molecule is Cn1c(N2CC[C@H](NC(=O)[C@@H](N)Cc3cccs3)C2)c(C#N)c2ccccc21. The third-order valence-corrected chi connectivity index (χ3v) is 6.26. The minimum absolute atomic E-state index is 0.0337. The topological polar surface area (TPSA) is 87.1 Å². The van der Waals surface area contributed by atoms with Crippen LogP contribution in [0.5, 0.6) is 0 Å². The fourth-order valence-corrected chi connectivity index (χ4v) is 4.74. The Hall–Kier alpha value is -2.82. The average molecular weight is 394 g/mol. The summed E-state index contributed by atoms with van der Waals surface area (Å²) < 4.78 is 2.07. The van der Waals surface area contributed by atoms with E-state index in [2.05, 4.69) is 20.9 Å². The second-order valence-electron chi connectivity index (χ2n) is 7.22. The van der Waals surface area contributed by atoms with Crippen LogP contribution < -0.4 is 16.0 Å². The summed E-state index contributed by atoms with van der Waals surface area (Å²) in [6, 6.07) is 13.8. The molecule has 28 heavy (non-hydrogen) atoms. The summed E-state index contributed by atoms with van der Waals surface area (Å²) >= 11 is 1.62. The first-order valence-corrected chi connectivity index (χ1v) is 10.3. The van der Waals surface area contributed by atoms with Gasteiger partial charge in [-0.2, -0.15) is 5.26 Å². The van der Waals surface area contributed by atoms with Gasteiger partial charge in [-0.1, -0.05) is 24.3 Å². The van der Waals surface area contributed by atoms with Crippen LogP contribution in [0.2, 0.25) is 0 Å². The molecular weight excluding hydrogens is 370 g/mol. The number of carbonyl (C=O) groups excluding carboxylic acids is 1. The molecule has 2 aromatic heterocycles. The van der Waals surface area contributed by atoms with Crippen molar-refractivity contribution < 1.29 is 4.79 Å². The summed E-state index contributed by atoms with van der Waals surface area (Å²) in [4.78, 5) is 15.8. The van der Waals surface area contributed by atoms with Crippen LogP contribution in [0.15, 0.2) is 41.8 Å². The lowest BCUT2D eigenvalue weighted by Crippen LogP contribution is -2.47. The molecule has 1 saturated heterocycles. The van der Waals surface area contributed by atoms with Gasteiger partial charge in [0.2, 0.25) is 5.91 Å². The van der Waals surface area contributed by atoms with Crippen molar-refractivity contribution >= 4 is 34.0 Å². The van der Waals surface area contributed by atoms with Gasteiger partial charge in [-0.05, 0) is 23.9 Å². The number of carbonyl (C=O) groups is 1.